The SMILES string of the molecule is Clc1cccc(N2CCCC=N2)c1. The molecule has 2 nitrogen and oxygen atoms in total. The molecule has 0 radical (unpaired) electrons. The van der Waals surface area contributed by atoms with Gasteiger partial charge in [0.15, 0.2) is 0 Å². The van der Waals surface area contributed by atoms with Gasteiger partial charge in [-0.1, -0.05) is 17.7 Å². The molecule has 2 rings (SSSR count). The standard InChI is InChI=1S/C10H11ClN2/c11-9-4-3-5-10(8-9)13-7-2-1-6-12-13/h3-6,8H,1-2,7H2. The first-order valence-electron chi connectivity index (χ1n) is 4.42. The molecule has 0 unspecified atom stereocenters. The van der Waals surface area contributed by atoms with Crippen molar-refractivity contribution in [1.29, 1.82) is 0 Å². The average Bonchev–Trinajstić information content (AvgIpc) is 2.19. The van der Waals surface area contributed by atoms with Gasteiger partial charge in [-0.3, -0.25) is 5.01 Å². The van der Waals surface area contributed by atoms with Gasteiger partial charge in [-0.25, -0.2) is 0 Å². The Hall–Kier alpha value is -1.02. The Kier molecular flexibility index (Phi) is 2.50. The minimum atomic E-state index is 0.762. The normalized spacial score (nSPS) is 16.2. The predicted molar refractivity (Wildman–Crippen MR) is 56.5 cm³/mol. The van der Waals surface area contributed by atoms with E-state index in [4.69, 9.17) is 11.6 Å². The second kappa shape index (κ2) is 3.79. The summed E-state index contributed by atoms with van der Waals surface area (Å²) in [5, 5.41) is 7.03. The summed E-state index contributed by atoms with van der Waals surface area (Å²) in [6, 6.07) is 7.78. The van der Waals surface area contributed by atoms with Crippen molar-refractivity contribution in [3.05, 3.63) is 29.3 Å². The molecule has 68 valence electrons. The Morgan fingerprint density at radius 2 is 2.31 bits per heavy atom. The Labute approximate surface area is 82.8 Å². The zero-order valence-electron chi connectivity index (χ0n) is 7.28. The molecule has 0 aliphatic carbocycles. The minimum absolute atomic E-state index is 0.762. The maximum absolute atomic E-state index is 5.89. The molecule has 1 aliphatic rings. The molecule has 0 saturated heterocycles. The lowest BCUT2D eigenvalue weighted by Crippen LogP contribution is -2.21. The second-order valence-corrected chi connectivity index (χ2v) is 3.48. The summed E-state index contributed by atoms with van der Waals surface area (Å²) < 4.78 is 0. The molecular weight excluding hydrogens is 184 g/mol. The van der Waals surface area contributed by atoms with Crippen LogP contribution in [0.15, 0.2) is 29.4 Å². The van der Waals surface area contributed by atoms with Crippen LogP contribution in [0.3, 0.4) is 0 Å². The van der Waals surface area contributed by atoms with Crippen LogP contribution in [-0.4, -0.2) is 12.8 Å². The molecule has 13 heavy (non-hydrogen) atoms. The third-order valence-electron chi connectivity index (χ3n) is 2.03. The van der Waals surface area contributed by atoms with E-state index in [-0.39, 0.29) is 0 Å². The molecule has 0 fully saturated rings. The molecule has 0 N–H and O–H groups in total. The molecule has 1 aromatic carbocycles. The maximum atomic E-state index is 5.89. The van der Waals surface area contributed by atoms with Gasteiger partial charge in [0.05, 0.1) is 5.69 Å². The Morgan fingerprint density at radius 1 is 1.38 bits per heavy atom. The molecule has 0 saturated carbocycles. The minimum Gasteiger partial charge on any atom is -0.266 e. The third kappa shape index (κ3) is 2.01. The van der Waals surface area contributed by atoms with Crippen LogP contribution in [0.4, 0.5) is 5.69 Å². The number of nitrogens with zero attached hydrogens (tertiary/aromatic N) is 2. The first-order chi connectivity index (χ1) is 6.36. The van der Waals surface area contributed by atoms with Gasteiger partial charge in [0.1, 0.15) is 0 Å². The van der Waals surface area contributed by atoms with Crippen molar-refractivity contribution in [2.24, 2.45) is 5.10 Å². The molecule has 0 bridgehead atoms. The molecule has 0 spiro atoms. The van der Waals surface area contributed by atoms with E-state index in [1.807, 2.05) is 35.5 Å². The van der Waals surface area contributed by atoms with E-state index in [0.29, 0.717) is 0 Å². The van der Waals surface area contributed by atoms with E-state index in [0.717, 1.165) is 30.1 Å². The van der Waals surface area contributed by atoms with Gasteiger partial charge in [0.25, 0.3) is 0 Å². The van der Waals surface area contributed by atoms with Crippen LogP contribution in [0.25, 0.3) is 0 Å². The first kappa shape index (κ1) is 8.57. The molecular formula is C10H11ClN2. The lowest BCUT2D eigenvalue weighted by molar-refractivity contribution is 0.751. The summed E-state index contributed by atoms with van der Waals surface area (Å²) in [6.45, 7) is 0.983. The fraction of sp³-hybridized carbons (Fsp3) is 0.300. The second-order valence-electron chi connectivity index (χ2n) is 3.04. The number of hydrazone groups is 1. The smallest absolute Gasteiger partial charge is 0.0608 e. The van der Waals surface area contributed by atoms with Crippen molar-refractivity contribution in [2.75, 3.05) is 11.6 Å². The molecule has 0 aromatic heterocycles. The van der Waals surface area contributed by atoms with Gasteiger partial charge in [-0.05, 0) is 31.0 Å². The number of anilines is 1. The summed E-state index contributed by atoms with van der Waals surface area (Å²) in [6.07, 6.45) is 4.19. The quantitative estimate of drug-likeness (QED) is 0.671. The largest absolute Gasteiger partial charge is 0.266 e. The summed E-state index contributed by atoms with van der Waals surface area (Å²) in [7, 11) is 0. The van der Waals surface area contributed by atoms with Crippen molar-refractivity contribution in [3.8, 4) is 0 Å². The van der Waals surface area contributed by atoms with Crippen LogP contribution in [0, 0.1) is 0 Å². The summed E-state index contributed by atoms with van der Waals surface area (Å²) >= 11 is 5.89. The molecule has 1 heterocycles. The van der Waals surface area contributed by atoms with Gasteiger partial charge < -0.3 is 0 Å². The zero-order valence-corrected chi connectivity index (χ0v) is 8.04. The summed E-state index contributed by atoms with van der Waals surface area (Å²) in [4.78, 5) is 0. The fourth-order valence-electron chi connectivity index (χ4n) is 1.38. The van der Waals surface area contributed by atoms with Crippen LogP contribution in [0.1, 0.15) is 12.8 Å². The average molecular weight is 195 g/mol. The summed E-state index contributed by atoms with van der Waals surface area (Å²) in [5.41, 5.74) is 1.07. The molecule has 1 aliphatic heterocycles. The van der Waals surface area contributed by atoms with Crippen LogP contribution >= 0.6 is 11.6 Å². The fourth-order valence-corrected chi connectivity index (χ4v) is 1.56. The van der Waals surface area contributed by atoms with Gasteiger partial charge in [-0.15, -0.1) is 0 Å². The van der Waals surface area contributed by atoms with E-state index in [9.17, 15) is 0 Å². The van der Waals surface area contributed by atoms with Crippen molar-refractivity contribution in [3.63, 3.8) is 0 Å². The Morgan fingerprint density at radius 3 is 3.00 bits per heavy atom. The number of rotatable bonds is 1. The van der Waals surface area contributed by atoms with Crippen LogP contribution in [0.5, 0.6) is 0 Å². The molecule has 1 aromatic rings. The highest BCUT2D eigenvalue weighted by Gasteiger charge is 2.06. The van der Waals surface area contributed by atoms with Gasteiger partial charge >= 0.3 is 0 Å². The number of hydrogen-bond donors (Lipinski definition) is 0. The van der Waals surface area contributed by atoms with Crippen molar-refractivity contribution >= 4 is 23.5 Å². The molecule has 0 amide bonds. The monoisotopic (exact) mass is 194 g/mol. The van der Waals surface area contributed by atoms with Gasteiger partial charge in [-0.2, -0.15) is 5.10 Å². The van der Waals surface area contributed by atoms with Crippen LogP contribution < -0.4 is 5.01 Å². The van der Waals surface area contributed by atoms with Crippen LogP contribution in [0.2, 0.25) is 5.02 Å². The van der Waals surface area contributed by atoms with Crippen molar-refractivity contribution < 1.29 is 0 Å². The highest BCUT2D eigenvalue weighted by molar-refractivity contribution is 6.30. The zero-order chi connectivity index (χ0) is 9.10. The molecule has 3 heteroatoms. The highest BCUT2D eigenvalue weighted by Crippen LogP contribution is 2.21. The number of benzene rings is 1. The lowest BCUT2D eigenvalue weighted by Gasteiger charge is -2.21. The predicted octanol–water partition coefficient (Wildman–Crippen LogP) is 2.93. The van der Waals surface area contributed by atoms with Crippen molar-refractivity contribution in [2.45, 2.75) is 12.8 Å². The number of halogens is 1. The molecule has 0 atom stereocenters. The van der Waals surface area contributed by atoms with E-state index >= 15 is 0 Å². The Bertz CT molecular complexity index is 322. The van der Waals surface area contributed by atoms with E-state index < -0.39 is 0 Å². The Balaban J connectivity index is 2.24. The first-order valence-corrected chi connectivity index (χ1v) is 4.79. The maximum Gasteiger partial charge on any atom is 0.0608 e. The number of hydrogen-bond acceptors (Lipinski definition) is 2. The van der Waals surface area contributed by atoms with E-state index in [1.54, 1.807) is 0 Å². The van der Waals surface area contributed by atoms with Crippen molar-refractivity contribution in [1.82, 2.24) is 0 Å². The summed E-state index contributed by atoms with van der Waals surface area (Å²) in [5.74, 6) is 0. The van der Waals surface area contributed by atoms with E-state index in [2.05, 4.69) is 5.10 Å². The van der Waals surface area contributed by atoms with E-state index in [1.165, 1.54) is 0 Å². The van der Waals surface area contributed by atoms with Gasteiger partial charge in [0, 0.05) is 17.8 Å². The third-order valence-corrected chi connectivity index (χ3v) is 2.27. The van der Waals surface area contributed by atoms with Crippen LogP contribution in [-0.2, 0) is 0 Å². The highest BCUT2D eigenvalue weighted by atomic mass is 35.5. The lowest BCUT2D eigenvalue weighted by atomic mass is 10.2. The topological polar surface area (TPSA) is 15.6 Å². The van der Waals surface area contributed by atoms with Gasteiger partial charge in [0.2, 0.25) is 0 Å².